The van der Waals surface area contributed by atoms with Gasteiger partial charge >= 0.3 is 0 Å². The zero-order valence-corrected chi connectivity index (χ0v) is 6.87. The summed E-state index contributed by atoms with van der Waals surface area (Å²) in [6, 6.07) is 9.10. The van der Waals surface area contributed by atoms with Crippen LogP contribution in [0.3, 0.4) is 0 Å². The van der Waals surface area contributed by atoms with Crippen LogP contribution in [0, 0.1) is 18.3 Å². The largest absolute Gasteiger partial charge is 0.293 e. The van der Waals surface area contributed by atoms with Crippen molar-refractivity contribution in [1.29, 1.82) is 5.26 Å². The molecule has 0 aliphatic heterocycles. The Morgan fingerprint density at radius 3 is 2.92 bits per heavy atom. The van der Waals surface area contributed by atoms with E-state index in [-0.39, 0.29) is 12.2 Å². The molecule has 0 saturated carbocycles. The number of hydrogen-bond acceptors (Lipinski definition) is 2. The van der Waals surface area contributed by atoms with Gasteiger partial charge in [-0.2, -0.15) is 5.26 Å². The number of hydrogen-bond donors (Lipinski definition) is 0. The Balaban J connectivity index is 2.90. The highest BCUT2D eigenvalue weighted by Crippen LogP contribution is 2.05. The Kier molecular flexibility index (Phi) is 2.60. The van der Waals surface area contributed by atoms with Crippen LogP contribution in [0.4, 0.5) is 0 Å². The molecule has 0 heterocycles. The van der Waals surface area contributed by atoms with Crippen LogP contribution in [0.25, 0.3) is 0 Å². The molecule has 12 heavy (non-hydrogen) atoms. The van der Waals surface area contributed by atoms with Gasteiger partial charge in [-0.25, -0.2) is 0 Å². The van der Waals surface area contributed by atoms with Gasteiger partial charge in [0.2, 0.25) is 0 Å². The van der Waals surface area contributed by atoms with Crippen molar-refractivity contribution in [3.05, 3.63) is 35.4 Å². The third-order valence-electron chi connectivity index (χ3n) is 1.58. The van der Waals surface area contributed by atoms with Gasteiger partial charge in [-0.15, -0.1) is 0 Å². The molecule has 2 heteroatoms. The molecule has 0 saturated heterocycles. The second-order valence-electron chi connectivity index (χ2n) is 2.63. The van der Waals surface area contributed by atoms with Gasteiger partial charge in [0.1, 0.15) is 0 Å². The summed E-state index contributed by atoms with van der Waals surface area (Å²) in [5, 5.41) is 8.30. The molecule has 1 rings (SSSR count). The van der Waals surface area contributed by atoms with E-state index in [1.807, 2.05) is 25.1 Å². The molecule has 0 atom stereocenters. The van der Waals surface area contributed by atoms with Crippen LogP contribution >= 0.6 is 0 Å². The second kappa shape index (κ2) is 3.68. The van der Waals surface area contributed by atoms with Crippen molar-refractivity contribution >= 4 is 5.78 Å². The first-order valence-corrected chi connectivity index (χ1v) is 3.71. The smallest absolute Gasteiger partial charge is 0.176 e. The number of ketones is 1. The molecule has 0 N–H and O–H groups in total. The van der Waals surface area contributed by atoms with E-state index in [9.17, 15) is 4.79 Å². The van der Waals surface area contributed by atoms with Crippen LogP contribution in [0.5, 0.6) is 0 Å². The predicted molar refractivity (Wildman–Crippen MR) is 45.7 cm³/mol. The third kappa shape index (κ3) is 1.93. The lowest BCUT2D eigenvalue weighted by atomic mass is 10.1. The molecule has 0 aliphatic rings. The maximum absolute atomic E-state index is 11.2. The zero-order valence-electron chi connectivity index (χ0n) is 6.87. The first-order chi connectivity index (χ1) is 5.74. The number of aryl methyl sites for hydroxylation is 1. The number of rotatable bonds is 2. The van der Waals surface area contributed by atoms with E-state index in [4.69, 9.17) is 5.26 Å². The maximum Gasteiger partial charge on any atom is 0.176 e. The minimum atomic E-state index is -0.110. The first-order valence-electron chi connectivity index (χ1n) is 3.71. The van der Waals surface area contributed by atoms with Gasteiger partial charge < -0.3 is 0 Å². The summed E-state index contributed by atoms with van der Waals surface area (Å²) >= 11 is 0. The molecule has 1 aromatic rings. The molecule has 60 valence electrons. The van der Waals surface area contributed by atoms with Gasteiger partial charge in [-0.1, -0.05) is 23.8 Å². The number of carbonyl (C=O) groups is 1. The summed E-state index contributed by atoms with van der Waals surface area (Å²) < 4.78 is 0. The molecule has 0 bridgehead atoms. The average molecular weight is 159 g/mol. The summed E-state index contributed by atoms with van der Waals surface area (Å²) in [6.45, 7) is 1.92. The fourth-order valence-electron chi connectivity index (χ4n) is 0.992. The van der Waals surface area contributed by atoms with Crippen molar-refractivity contribution in [2.45, 2.75) is 13.3 Å². The first kappa shape index (κ1) is 8.48. The molecule has 0 aliphatic carbocycles. The molecular weight excluding hydrogens is 150 g/mol. The highest BCUT2D eigenvalue weighted by molar-refractivity contribution is 5.97. The topological polar surface area (TPSA) is 40.9 Å². The zero-order chi connectivity index (χ0) is 8.97. The average Bonchev–Trinajstić information content (AvgIpc) is 2.05. The molecule has 0 fully saturated rings. The highest BCUT2D eigenvalue weighted by Gasteiger charge is 2.03. The number of carbonyl (C=O) groups excluding carboxylic acids is 1. The molecule has 0 unspecified atom stereocenters. The van der Waals surface area contributed by atoms with E-state index in [0.29, 0.717) is 5.56 Å². The standard InChI is InChI=1S/C10H9NO/c1-8-3-2-4-9(7-8)10(12)5-6-11/h2-4,7H,5H2,1H3. The van der Waals surface area contributed by atoms with Crippen molar-refractivity contribution in [3.8, 4) is 6.07 Å². The summed E-state index contributed by atoms with van der Waals surface area (Å²) in [5.41, 5.74) is 1.66. The molecule has 0 amide bonds. The van der Waals surface area contributed by atoms with Gasteiger partial charge in [0.15, 0.2) is 5.78 Å². The molecule has 0 spiro atoms. The Morgan fingerprint density at radius 1 is 1.58 bits per heavy atom. The van der Waals surface area contributed by atoms with Crippen molar-refractivity contribution in [2.24, 2.45) is 0 Å². The van der Waals surface area contributed by atoms with Crippen LogP contribution in [0.15, 0.2) is 24.3 Å². The number of Topliss-reactive ketones (excluding diaryl/α,β-unsaturated/α-hetero) is 1. The molecule has 0 aromatic heterocycles. The van der Waals surface area contributed by atoms with E-state index in [1.54, 1.807) is 12.1 Å². The Bertz CT molecular complexity index is 336. The van der Waals surface area contributed by atoms with E-state index in [2.05, 4.69) is 0 Å². The third-order valence-corrected chi connectivity index (χ3v) is 1.58. The summed E-state index contributed by atoms with van der Waals surface area (Å²) in [5.74, 6) is -0.110. The van der Waals surface area contributed by atoms with Crippen LogP contribution < -0.4 is 0 Å². The Labute approximate surface area is 71.4 Å². The summed E-state index contributed by atoms with van der Waals surface area (Å²) in [7, 11) is 0. The minimum Gasteiger partial charge on any atom is -0.293 e. The van der Waals surface area contributed by atoms with Gasteiger partial charge in [0, 0.05) is 5.56 Å². The summed E-state index contributed by atoms with van der Waals surface area (Å²) in [4.78, 5) is 11.2. The van der Waals surface area contributed by atoms with Crippen molar-refractivity contribution in [2.75, 3.05) is 0 Å². The van der Waals surface area contributed by atoms with Crippen LogP contribution in [0.2, 0.25) is 0 Å². The highest BCUT2D eigenvalue weighted by atomic mass is 16.1. The number of nitrogens with zero attached hydrogens (tertiary/aromatic N) is 1. The maximum atomic E-state index is 11.2. The normalized spacial score (nSPS) is 9.00. The van der Waals surface area contributed by atoms with Crippen LogP contribution in [-0.4, -0.2) is 5.78 Å². The van der Waals surface area contributed by atoms with E-state index in [0.717, 1.165) is 5.56 Å². The van der Waals surface area contributed by atoms with Gasteiger partial charge in [-0.05, 0) is 13.0 Å². The lowest BCUT2D eigenvalue weighted by Gasteiger charge is -1.96. The molecule has 2 nitrogen and oxygen atoms in total. The fourth-order valence-corrected chi connectivity index (χ4v) is 0.992. The SMILES string of the molecule is Cc1cccc(C(=O)CC#N)c1. The minimum absolute atomic E-state index is 0.0382. The fraction of sp³-hybridized carbons (Fsp3) is 0.200. The number of benzene rings is 1. The quantitative estimate of drug-likeness (QED) is 0.620. The van der Waals surface area contributed by atoms with Crippen molar-refractivity contribution < 1.29 is 4.79 Å². The van der Waals surface area contributed by atoms with E-state index >= 15 is 0 Å². The predicted octanol–water partition coefficient (Wildman–Crippen LogP) is 2.09. The van der Waals surface area contributed by atoms with E-state index in [1.165, 1.54) is 0 Å². The van der Waals surface area contributed by atoms with Crippen molar-refractivity contribution in [3.63, 3.8) is 0 Å². The van der Waals surface area contributed by atoms with Crippen LogP contribution in [0.1, 0.15) is 22.3 Å². The molecule has 1 aromatic carbocycles. The molecular formula is C10H9NO. The van der Waals surface area contributed by atoms with Gasteiger partial charge in [0.25, 0.3) is 0 Å². The second-order valence-corrected chi connectivity index (χ2v) is 2.63. The van der Waals surface area contributed by atoms with Crippen LogP contribution in [-0.2, 0) is 0 Å². The van der Waals surface area contributed by atoms with Gasteiger partial charge in [0.05, 0.1) is 12.5 Å². The lowest BCUT2D eigenvalue weighted by Crippen LogP contribution is -1.96. The monoisotopic (exact) mass is 159 g/mol. The lowest BCUT2D eigenvalue weighted by molar-refractivity contribution is 0.0997. The van der Waals surface area contributed by atoms with Crippen molar-refractivity contribution in [1.82, 2.24) is 0 Å². The summed E-state index contributed by atoms with van der Waals surface area (Å²) in [6.07, 6.45) is -0.0382. The Morgan fingerprint density at radius 2 is 2.33 bits per heavy atom. The van der Waals surface area contributed by atoms with Gasteiger partial charge in [-0.3, -0.25) is 4.79 Å². The van der Waals surface area contributed by atoms with E-state index < -0.39 is 0 Å². The number of nitriles is 1. The Hall–Kier alpha value is -1.62. The molecule has 0 radical (unpaired) electrons.